The second-order valence-electron chi connectivity index (χ2n) is 6.51. The standard InChI is InChI=1S/C17H16N6O/c24-17(15-7-18-13-3-1-2-4-14(13)19-15)22-8-12(9-22)23-10-16(20-21-23)11-5-6-11/h1-4,7,10-12H,5-6,8-9H2. The minimum absolute atomic E-state index is 0.0768. The van der Waals surface area contributed by atoms with Gasteiger partial charge in [0.1, 0.15) is 5.69 Å². The van der Waals surface area contributed by atoms with Gasteiger partial charge in [0.15, 0.2) is 0 Å². The summed E-state index contributed by atoms with van der Waals surface area (Å²) in [6.07, 6.45) is 6.02. The van der Waals surface area contributed by atoms with Gasteiger partial charge in [0, 0.05) is 25.2 Å². The molecule has 0 atom stereocenters. The van der Waals surface area contributed by atoms with Gasteiger partial charge in [0.2, 0.25) is 0 Å². The van der Waals surface area contributed by atoms with Gasteiger partial charge in [-0.05, 0) is 25.0 Å². The van der Waals surface area contributed by atoms with Crippen molar-refractivity contribution in [3.8, 4) is 0 Å². The highest BCUT2D eigenvalue weighted by atomic mass is 16.2. The maximum atomic E-state index is 12.5. The highest BCUT2D eigenvalue weighted by Crippen LogP contribution is 2.39. The Morgan fingerprint density at radius 3 is 2.71 bits per heavy atom. The molecule has 7 heteroatoms. The van der Waals surface area contributed by atoms with Crippen LogP contribution in [0, 0.1) is 0 Å². The lowest BCUT2D eigenvalue weighted by molar-refractivity contribution is 0.0492. The predicted molar refractivity (Wildman–Crippen MR) is 86.5 cm³/mol. The third kappa shape index (κ3) is 2.24. The van der Waals surface area contributed by atoms with Gasteiger partial charge in [-0.2, -0.15) is 0 Å². The van der Waals surface area contributed by atoms with E-state index in [0.717, 1.165) is 16.7 Å². The summed E-state index contributed by atoms with van der Waals surface area (Å²) in [7, 11) is 0. The number of carbonyl (C=O) groups is 1. The number of hydrogen-bond acceptors (Lipinski definition) is 5. The van der Waals surface area contributed by atoms with Crippen molar-refractivity contribution in [1.29, 1.82) is 0 Å². The molecule has 24 heavy (non-hydrogen) atoms. The normalized spacial score (nSPS) is 17.9. The number of hydrogen-bond donors (Lipinski definition) is 0. The Hall–Kier alpha value is -2.83. The molecule has 1 amide bonds. The number of benzene rings is 1. The summed E-state index contributed by atoms with van der Waals surface area (Å²) in [5, 5.41) is 8.44. The first-order valence-corrected chi connectivity index (χ1v) is 8.21. The second kappa shape index (κ2) is 5.09. The van der Waals surface area contributed by atoms with Crippen LogP contribution in [-0.2, 0) is 0 Å². The second-order valence-corrected chi connectivity index (χ2v) is 6.51. The van der Waals surface area contributed by atoms with Crippen LogP contribution in [0.2, 0.25) is 0 Å². The number of para-hydroxylation sites is 2. The van der Waals surface area contributed by atoms with Gasteiger partial charge in [0.05, 0.1) is 29.0 Å². The molecule has 1 aliphatic heterocycles. The average molecular weight is 320 g/mol. The lowest BCUT2D eigenvalue weighted by atomic mass is 10.1. The summed E-state index contributed by atoms with van der Waals surface area (Å²) in [5.41, 5.74) is 3.01. The molecule has 2 aliphatic rings. The van der Waals surface area contributed by atoms with Crippen molar-refractivity contribution in [1.82, 2.24) is 29.9 Å². The van der Waals surface area contributed by atoms with Gasteiger partial charge in [-0.15, -0.1) is 5.10 Å². The molecule has 0 bridgehead atoms. The summed E-state index contributed by atoms with van der Waals surface area (Å²) >= 11 is 0. The van der Waals surface area contributed by atoms with Crippen LogP contribution in [0.1, 0.15) is 41.0 Å². The molecular weight excluding hydrogens is 304 g/mol. The molecule has 1 aromatic carbocycles. The number of fused-ring (bicyclic) bond motifs is 1. The van der Waals surface area contributed by atoms with E-state index in [2.05, 4.69) is 20.3 Å². The molecule has 0 N–H and O–H groups in total. The Bertz CT molecular complexity index is 925. The van der Waals surface area contributed by atoms with Crippen LogP contribution < -0.4 is 0 Å². The van der Waals surface area contributed by atoms with Gasteiger partial charge in [-0.25, -0.2) is 9.67 Å². The molecule has 7 nitrogen and oxygen atoms in total. The quantitative estimate of drug-likeness (QED) is 0.735. The smallest absolute Gasteiger partial charge is 0.274 e. The van der Waals surface area contributed by atoms with E-state index in [1.807, 2.05) is 35.1 Å². The molecule has 3 heterocycles. The highest BCUT2D eigenvalue weighted by molar-refractivity contribution is 5.94. The van der Waals surface area contributed by atoms with Gasteiger partial charge in [-0.3, -0.25) is 9.78 Å². The molecule has 3 aromatic rings. The van der Waals surface area contributed by atoms with E-state index in [1.165, 1.54) is 12.8 Å². The Morgan fingerprint density at radius 2 is 1.92 bits per heavy atom. The van der Waals surface area contributed by atoms with Crippen molar-refractivity contribution in [3.63, 3.8) is 0 Å². The SMILES string of the molecule is O=C(c1cnc2ccccc2n1)N1CC(n2cc(C3CC3)nn2)C1. The molecule has 0 unspecified atom stereocenters. The zero-order valence-corrected chi connectivity index (χ0v) is 13.0. The van der Waals surface area contributed by atoms with Gasteiger partial charge in [0.25, 0.3) is 5.91 Å². The van der Waals surface area contributed by atoms with Crippen LogP contribution in [-0.4, -0.2) is 48.9 Å². The van der Waals surface area contributed by atoms with Crippen LogP contribution in [0.25, 0.3) is 11.0 Å². The average Bonchev–Trinajstić information content (AvgIpc) is 3.32. The molecule has 0 spiro atoms. The van der Waals surface area contributed by atoms with E-state index in [-0.39, 0.29) is 11.9 Å². The van der Waals surface area contributed by atoms with E-state index in [0.29, 0.717) is 24.7 Å². The van der Waals surface area contributed by atoms with Crippen LogP contribution in [0.3, 0.4) is 0 Å². The zero-order valence-electron chi connectivity index (χ0n) is 13.0. The maximum Gasteiger partial charge on any atom is 0.274 e. The molecule has 1 saturated carbocycles. The number of likely N-dealkylation sites (tertiary alicyclic amines) is 1. The summed E-state index contributed by atoms with van der Waals surface area (Å²) < 4.78 is 1.89. The molecule has 2 fully saturated rings. The predicted octanol–water partition coefficient (Wildman–Crippen LogP) is 1.80. The fraction of sp³-hybridized carbons (Fsp3) is 0.353. The van der Waals surface area contributed by atoms with Gasteiger partial charge >= 0.3 is 0 Å². The van der Waals surface area contributed by atoms with Crippen molar-refractivity contribution < 1.29 is 4.79 Å². The zero-order chi connectivity index (χ0) is 16.1. The van der Waals surface area contributed by atoms with Crippen molar-refractivity contribution in [2.45, 2.75) is 24.8 Å². The van der Waals surface area contributed by atoms with E-state index in [4.69, 9.17) is 0 Å². The van der Waals surface area contributed by atoms with Crippen molar-refractivity contribution in [3.05, 3.63) is 48.0 Å². The number of carbonyl (C=O) groups excluding carboxylic acids is 1. The van der Waals surface area contributed by atoms with Gasteiger partial charge in [-0.1, -0.05) is 17.3 Å². The van der Waals surface area contributed by atoms with E-state index in [1.54, 1.807) is 11.1 Å². The highest BCUT2D eigenvalue weighted by Gasteiger charge is 2.35. The summed E-state index contributed by atoms with van der Waals surface area (Å²) in [6.45, 7) is 1.28. The third-order valence-corrected chi connectivity index (χ3v) is 4.71. The Labute approximate surface area is 138 Å². The Balaban J connectivity index is 1.29. The topological polar surface area (TPSA) is 76.8 Å². The lowest BCUT2D eigenvalue weighted by Gasteiger charge is -2.38. The van der Waals surface area contributed by atoms with Crippen molar-refractivity contribution in [2.24, 2.45) is 0 Å². The van der Waals surface area contributed by atoms with Crippen molar-refractivity contribution in [2.75, 3.05) is 13.1 Å². The molecular formula is C17H16N6O. The van der Waals surface area contributed by atoms with Crippen LogP contribution in [0.4, 0.5) is 0 Å². The van der Waals surface area contributed by atoms with E-state index >= 15 is 0 Å². The lowest BCUT2D eigenvalue weighted by Crippen LogP contribution is -2.51. The minimum atomic E-state index is -0.0768. The first-order valence-electron chi connectivity index (χ1n) is 8.21. The monoisotopic (exact) mass is 320 g/mol. The summed E-state index contributed by atoms with van der Waals surface area (Å²) in [6, 6.07) is 7.77. The molecule has 2 aromatic heterocycles. The Morgan fingerprint density at radius 1 is 1.12 bits per heavy atom. The van der Waals surface area contributed by atoms with Crippen LogP contribution in [0.15, 0.2) is 36.7 Å². The fourth-order valence-corrected chi connectivity index (χ4v) is 3.05. The first-order chi connectivity index (χ1) is 11.8. The molecule has 0 radical (unpaired) electrons. The summed E-state index contributed by atoms with van der Waals surface area (Å²) in [5.74, 6) is 0.525. The number of aromatic nitrogens is 5. The molecule has 120 valence electrons. The number of nitrogens with zero attached hydrogens (tertiary/aromatic N) is 6. The molecule has 5 rings (SSSR count). The van der Waals surface area contributed by atoms with Gasteiger partial charge < -0.3 is 4.90 Å². The molecule has 1 saturated heterocycles. The van der Waals surface area contributed by atoms with Crippen LogP contribution in [0.5, 0.6) is 0 Å². The minimum Gasteiger partial charge on any atom is -0.333 e. The first kappa shape index (κ1) is 13.6. The van der Waals surface area contributed by atoms with Crippen LogP contribution >= 0.6 is 0 Å². The molecule has 1 aliphatic carbocycles. The van der Waals surface area contributed by atoms with E-state index < -0.39 is 0 Å². The summed E-state index contributed by atoms with van der Waals surface area (Å²) in [4.78, 5) is 23.1. The number of amides is 1. The Kier molecular flexibility index (Phi) is 2.88. The number of rotatable bonds is 3. The van der Waals surface area contributed by atoms with Crippen molar-refractivity contribution >= 4 is 16.9 Å². The maximum absolute atomic E-state index is 12.5. The largest absolute Gasteiger partial charge is 0.333 e. The fourth-order valence-electron chi connectivity index (χ4n) is 3.05. The van der Waals surface area contributed by atoms with E-state index in [9.17, 15) is 4.79 Å². The third-order valence-electron chi connectivity index (χ3n) is 4.71.